The Morgan fingerprint density at radius 3 is 2.63 bits per heavy atom. The molecule has 9 heteroatoms. The zero-order valence-corrected chi connectivity index (χ0v) is 18.3. The van der Waals surface area contributed by atoms with Gasteiger partial charge in [-0.3, -0.25) is 9.78 Å². The smallest absolute Gasteiger partial charge is 0.228 e. The Bertz CT molecular complexity index is 910. The quantitative estimate of drug-likeness (QED) is 0.636. The summed E-state index contributed by atoms with van der Waals surface area (Å²) in [4.78, 5) is 22.6. The normalized spacial score (nSPS) is 11.8. The molecule has 2 aromatic rings. The van der Waals surface area contributed by atoms with Crippen LogP contribution in [0.15, 0.2) is 18.5 Å². The highest BCUT2D eigenvalue weighted by Crippen LogP contribution is 2.38. The van der Waals surface area contributed by atoms with Gasteiger partial charge in [0.1, 0.15) is 19.8 Å². The van der Waals surface area contributed by atoms with E-state index in [1.807, 2.05) is 19.2 Å². The lowest BCUT2D eigenvalue weighted by Crippen LogP contribution is -2.31. The Hall–Kier alpha value is -1.51. The molecule has 0 saturated carbocycles. The van der Waals surface area contributed by atoms with Crippen LogP contribution in [0.1, 0.15) is 32.8 Å². The predicted octanol–water partition coefficient (Wildman–Crippen LogP) is 3.84. The maximum atomic E-state index is 12.5. The van der Waals surface area contributed by atoms with E-state index >= 15 is 0 Å². The molecule has 0 spiro atoms. The monoisotopic (exact) mass is 429 g/mol. The van der Waals surface area contributed by atoms with Crippen molar-refractivity contribution >= 4 is 43.7 Å². The topological polar surface area (TPSA) is 80.2 Å². The van der Waals surface area contributed by atoms with Crippen LogP contribution in [0.5, 0.6) is 0 Å². The summed E-state index contributed by atoms with van der Waals surface area (Å²) in [7, 11) is -3.21. The van der Waals surface area contributed by atoms with E-state index in [0.717, 1.165) is 23.8 Å². The predicted molar refractivity (Wildman–Crippen MR) is 111 cm³/mol. The van der Waals surface area contributed by atoms with Crippen molar-refractivity contribution in [1.29, 1.82) is 0 Å². The Morgan fingerprint density at radius 2 is 2.04 bits per heavy atom. The first-order chi connectivity index (χ1) is 12.6. The van der Waals surface area contributed by atoms with Gasteiger partial charge in [0.05, 0.1) is 5.75 Å². The molecule has 148 valence electrons. The minimum absolute atomic E-state index is 0.0817. The molecular weight excluding hydrogens is 406 g/mol. The number of hydrogen-bond donors (Lipinski definition) is 0. The van der Waals surface area contributed by atoms with Crippen LogP contribution in [0.25, 0.3) is 10.6 Å². The maximum absolute atomic E-state index is 12.5. The summed E-state index contributed by atoms with van der Waals surface area (Å²) in [6.45, 7) is 6.49. The lowest BCUT2D eigenvalue weighted by atomic mass is 10.0. The summed E-state index contributed by atoms with van der Waals surface area (Å²) in [6.07, 6.45) is 5.52. The number of rotatable bonds is 8. The molecule has 0 aliphatic carbocycles. The largest absolute Gasteiger partial charge is 0.301 e. The number of aromatic nitrogens is 2. The molecule has 0 radical (unpaired) electrons. The number of pyridine rings is 1. The molecule has 0 unspecified atom stereocenters. The molecular formula is C18H24ClN3O3S2. The summed E-state index contributed by atoms with van der Waals surface area (Å²) < 4.78 is 22.7. The SMILES string of the molecule is CCN(C(=O)CCS(C)(=O)=O)c1sc(-c2cncc(CC(C)C)c2)nc1Cl. The summed E-state index contributed by atoms with van der Waals surface area (Å²) in [5, 5.41) is 1.45. The number of carbonyl (C=O) groups is 1. The molecule has 0 atom stereocenters. The highest BCUT2D eigenvalue weighted by molar-refractivity contribution is 7.90. The van der Waals surface area contributed by atoms with Gasteiger partial charge in [-0.2, -0.15) is 0 Å². The van der Waals surface area contributed by atoms with Crippen molar-refractivity contribution in [3.63, 3.8) is 0 Å². The fraction of sp³-hybridized carbons (Fsp3) is 0.500. The number of amides is 1. The van der Waals surface area contributed by atoms with Crippen LogP contribution in [0.4, 0.5) is 5.00 Å². The number of anilines is 1. The molecule has 27 heavy (non-hydrogen) atoms. The number of nitrogens with zero attached hydrogens (tertiary/aromatic N) is 3. The molecule has 6 nitrogen and oxygen atoms in total. The first kappa shape index (κ1) is 21.8. The van der Waals surface area contributed by atoms with E-state index in [-0.39, 0.29) is 23.2 Å². The lowest BCUT2D eigenvalue weighted by Gasteiger charge is -2.18. The van der Waals surface area contributed by atoms with E-state index < -0.39 is 9.84 Å². The van der Waals surface area contributed by atoms with Gasteiger partial charge in [-0.05, 0) is 30.9 Å². The Kier molecular flexibility index (Phi) is 7.36. The van der Waals surface area contributed by atoms with Gasteiger partial charge in [0.15, 0.2) is 5.15 Å². The standard InChI is InChI=1S/C18H24ClN3O3S2/c1-5-22(15(23)6-7-27(4,24)25)18-16(19)21-17(26-18)14-9-13(8-12(2)3)10-20-11-14/h9-12H,5-8H2,1-4H3. The van der Waals surface area contributed by atoms with Gasteiger partial charge in [-0.25, -0.2) is 13.4 Å². The van der Waals surface area contributed by atoms with Gasteiger partial charge in [0.25, 0.3) is 0 Å². The minimum Gasteiger partial charge on any atom is -0.301 e. The van der Waals surface area contributed by atoms with Gasteiger partial charge in [-0.15, -0.1) is 0 Å². The number of carbonyl (C=O) groups excluding carboxylic acids is 1. The summed E-state index contributed by atoms with van der Waals surface area (Å²) in [5.74, 6) is 0.0412. The number of thiazole rings is 1. The van der Waals surface area contributed by atoms with Crippen LogP contribution >= 0.6 is 22.9 Å². The molecule has 0 fully saturated rings. The fourth-order valence-electron chi connectivity index (χ4n) is 2.61. The van der Waals surface area contributed by atoms with Gasteiger partial charge >= 0.3 is 0 Å². The molecule has 0 aliphatic rings. The Morgan fingerprint density at radius 1 is 1.33 bits per heavy atom. The molecule has 0 bridgehead atoms. The van der Waals surface area contributed by atoms with Crippen molar-refractivity contribution in [2.24, 2.45) is 5.92 Å². The van der Waals surface area contributed by atoms with Crippen molar-refractivity contribution in [3.05, 3.63) is 29.2 Å². The third kappa shape index (κ3) is 6.26. The maximum Gasteiger partial charge on any atom is 0.228 e. The van der Waals surface area contributed by atoms with Crippen LogP contribution in [-0.2, 0) is 21.1 Å². The average Bonchev–Trinajstić information content (AvgIpc) is 2.94. The number of halogens is 1. The lowest BCUT2D eigenvalue weighted by molar-refractivity contribution is -0.118. The summed E-state index contributed by atoms with van der Waals surface area (Å²) in [5.41, 5.74) is 1.97. The van der Waals surface area contributed by atoms with E-state index in [1.165, 1.54) is 16.2 Å². The highest BCUT2D eigenvalue weighted by Gasteiger charge is 2.22. The second kappa shape index (κ2) is 9.12. The van der Waals surface area contributed by atoms with Crippen molar-refractivity contribution in [2.75, 3.05) is 23.5 Å². The minimum atomic E-state index is -3.21. The van der Waals surface area contributed by atoms with Crippen molar-refractivity contribution < 1.29 is 13.2 Å². The van der Waals surface area contributed by atoms with Crippen molar-refractivity contribution in [2.45, 2.75) is 33.6 Å². The van der Waals surface area contributed by atoms with Gasteiger partial charge in [0, 0.05) is 37.2 Å². The zero-order valence-electron chi connectivity index (χ0n) is 15.9. The van der Waals surface area contributed by atoms with E-state index in [1.54, 1.807) is 6.20 Å². The van der Waals surface area contributed by atoms with Crippen molar-refractivity contribution in [3.8, 4) is 10.6 Å². The third-order valence-electron chi connectivity index (χ3n) is 3.80. The number of hydrogen-bond acceptors (Lipinski definition) is 6. The fourth-order valence-corrected chi connectivity index (χ4v) is 4.53. The highest BCUT2D eigenvalue weighted by atomic mass is 35.5. The Labute approximate surface area is 169 Å². The van der Waals surface area contributed by atoms with E-state index in [9.17, 15) is 13.2 Å². The molecule has 0 aromatic carbocycles. The summed E-state index contributed by atoms with van der Waals surface area (Å²) in [6, 6.07) is 2.04. The molecule has 2 heterocycles. The van der Waals surface area contributed by atoms with Gasteiger partial charge in [0.2, 0.25) is 5.91 Å². The van der Waals surface area contributed by atoms with Gasteiger partial charge in [-0.1, -0.05) is 36.8 Å². The summed E-state index contributed by atoms with van der Waals surface area (Å²) >= 11 is 7.60. The van der Waals surface area contributed by atoms with Crippen LogP contribution in [0.2, 0.25) is 5.15 Å². The zero-order chi connectivity index (χ0) is 20.2. The van der Waals surface area contributed by atoms with Crippen LogP contribution in [0, 0.1) is 5.92 Å². The first-order valence-electron chi connectivity index (χ1n) is 8.69. The van der Waals surface area contributed by atoms with E-state index in [4.69, 9.17) is 11.6 Å². The van der Waals surface area contributed by atoms with Crippen LogP contribution < -0.4 is 4.90 Å². The average molecular weight is 430 g/mol. The van der Waals surface area contributed by atoms with E-state index in [0.29, 0.717) is 22.5 Å². The first-order valence-corrected chi connectivity index (χ1v) is 11.9. The van der Waals surface area contributed by atoms with Crippen LogP contribution in [0.3, 0.4) is 0 Å². The Balaban J connectivity index is 2.27. The second-order valence-electron chi connectivity index (χ2n) is 6.81. The third-order valence-corrected chi connectivity index (χ3v) is 6.25. The molecule has 2 aromatic heterocycles. The van der Waals surface area contributed by atoms with E-state index in [2.05, 4.69) is 23.8 Å². The molecule has 0 N–H and O–H groups in total. The molecule has 0 saturated heterocycles. The second-order valence-corrected chi connectivity index (χ2v) is 10.4. The van der Waals surface area contributed by atoms with Crippen molar-refractivity contribution in [1.82, 2.24) is 9.97 Å². The molecule has 1 amide bonds. The number of sulfone groups is 1. The van der Waals surface area contributed by atoms with Crippen LogP contribution in [-0.4, -0.2) is 42.8 Å². The molecule has 0 aliphatic heterocycles. The molecule has 2 rings (SSSR count). The van der Waals surface area contributed by atoms with Gasteiger partial charge < -0.3 is 4.90 Å².